The van der Waals surface area contributed by atoms with Gasteiger partial charge in [-0.3, -0.25) is 4.79 Å². The van der Waals surface area contributed by atoms with Crippen molar-refractivity contribution in [2.24, 2.45) is 0 Å². The smallest absolute Gasteiger partial charge is 0.297 e. The summed E-state index contributed by atoms with van der Waals surface area (Å²) in [7, 11) is 0. The van der Waals surface area contributed by atoms with Crippen LogP contribution < -0.4 is 10.5 Å². The maximum absolute atomic E-state index is 14.9. The molecule has 1 aromatic carbocycles. The van der Waals surface area contributed by atoms with Gasteiger partial charge < -0.3 is 14.3 Å². The van der Waals surface area contributed by atoms with E-state index >= 15 is 0 Å². The number of halogens is 2. The molecule has 0 aliphatic carbocycles. The summed E-state index contributed by atoms with van der Waals surface area (Å²) in [5.41, 5.74) is 1.21. The average molecular weight is 437 g/mol. The maximum atomic E-state index is 14.9. The third-order valence-electron chi connectivity index (χ3n) is 5.07. The molecule has 2 aromatic heterocycles. The van der Waals surface area contributed by atoms with Gasteiger partial charge in [0.25, 0.3) is 11.3 Å². The number of pyridine rings is 1. The lowest BCUT2D eigenvalue weighted by atomic mass is 10.2. The Balaban J connectivity index is 0.00000104. The van der Waals surface area contributed by atoms with Crippen molar-refractivity contribution in [1.82, 2.24) is 14.6 Å². The van der Waals surface area contributed by atoms with Crippen molar-refractivity contribution in [2.75, 3.05) is 37.6 Å². The Morgan fingerprint density at radius 1 is 1.20 bits per heavy atom. The third-order valence-corrected chi connectivity index (χ3v) is 5.36. The normalized spacial score (nSPS) is 14.3. The number of likely N-dealkylation sites (N-methyl/N-ethyl adjacent to an activating group) is 1. The van der Waals surface area contributed by atoms with Gasteiger partial charge in [0.2, 0.25) is 0 Å². The zero-order valence-electron chi connectivity index (χ0n) is 17.2. The number of rotatable bonds is 3. The largest absolute Gasteiger partial charge is 0.365 e. The van der Waals surface area contributed by atoms with Gasteiger partial charge in [-0.25, -0.2) is 9.37 Å². The third kappa shape index (κ3) is 4.37. The van der Waals surface area contributed by atoms with Crippen LogP contribution >= 0.6 is 11.6 Å². The second kappa shape index (κ2) is 10.1. The summed E-state index contributed by atoms with van der Waals surface area (Å²) in [4.78, 5) is 21.0. The number of hydrogen-bond acceptors (Lipinski definition) is 5. The lowest BCUT2D eigenvalue weighted by molar-refractivity contribution is 0.270. The van der Waals surface area contributed by atoms with Gasteiger partial charge in [-0.05, 0) is 31.2 Å². The average Bonchev–Trinajstić information content (AvgIpc) is 3.07. The van der Waals surface area contributed by atoms with Gasteiger partial charge in [0.15, 0.2) is 0 Å². The van der Waals surface area contributed by atoms with Crippen molar-refractivity contribution in [3.63, 3.8) is 0 Å². The minimum atomic E-state index is -0.473. The van der Waals surface area contributed by atoms with Crippen LogP contribution in [0.3, 0.4) is 0 Å². The Hall–Kier alpha value is -2.38. The van der Waals surface area contributed by atoms with Crippen LogP contribution in [0.4, 0.5) is 10.1 Å². The van der Waals surface area contributed by atoms with E-state index in [1.54, 1.807) is 25.3 Å². The Morgan fingerprint density at radius 3 is 2.43 bits per heavy atom. The van der Waals surface area contributed by atoms with Crippen molar-refractivity contribution in [2.45, 2.75) is 35.1 Å². The summed E-state index contributed by atoms with van der Waals surface area (Å²) in [5.74, 6) is -0.473. The van der Waals surface area contributed by atoms with Crippen molar-refractivity contribution in [3.8, 4) is 5.69 Å². The predicted octanol–water partition coefficient (Wildman–Crippen LogP) is 4.88. The van der Waals surface area contributed by atoms with Crippen molar-refractivity contribution < 1.29 is 8.91 Å². The summed E-state index contributed by atoms with van der Waals surface area (Å²) in [5, 5.41) is 0.640. The second-order valence-electron chi connectivity index (χ2n) is 6.68. The van der Waals surface area contributed by atoms with E-state index in [-0.39, 0.29) is 29.4 Å². The van der Waals surface area contributed by atoms with Crippen LogP contribution in [0.2, 0.25) is 5.02 Å². The first-order chi connectivity index (χ1) is 14.0. The van der Waals surface area contributed by atoms with Crippen LogP contribution in [0.25, 0.3) is 16.8 Å². The molecule has 30 heavy (non-hydrogen) atoms. The van der Waals surface area contributed by atoms with Crippen LogP contribution in [0, 0.1) is 12.7 Å². The van der Waals surface area contributed by atoms with Crippen LogP contribution in [-0.2, 0) is 0 Å². The Bertz CT molecular complexity index is 1030. The number of benzene rings is 1. The topological polar surface area (TPSA) is 54.5 Å². The first-order valence-corrected chi connectivity index (χ1v) is 10.3. The first kappa shape index (κ1) is 23.9. The maximum Gasteiger partial charge on any atom is 0.297 e. The number of anilines is 1. The lowest BCUT2D eigenvalue weighted by Gasteiger charge is -2.36. The summed E-state index contributed by atoms with van der Waals surface area (Å²) < 4.78 is 21.5. The fourth-order valence-electron chi connectivity index (χ4n) is 3.52. The van der Waals surface area contributed by atoms with Crippen LogP contribution in [0.15, 0.2) is 33.7 Å². The molecule has 164 valence electrons. The predicted molar refractivity (Wildman–Crippen MR) is 122 cm³/mol. The van der Waals surface area contributed by atoms with E-state index in [0.717, 1.165) is 29.9 Å². The highest BCUT2D eigenvalue weighted by molar-refractivity contribution is 6.33. The molecule has 1 saturated heterocycles. The molecule has 1 aliphatic rings. The number of nitrogens with zero attached hydrogens (tertiary/aromatic N) is 4. The number of hydrogen-bond donors (Lipinski definition) is 0. The molecule has 0 spiro atoms. The van der Waals surface area contributed by atoms with E-state index in [9.17, 15) is 9.18 Å². The Kier molecular flexibility index (Phi) is 8.03. The molecule has 6 nitrogen and oxygen atoms in total. The first-order valence-electron chi connectivity index (χ1n) is 9.94. The molecule has 3 heterocycles. The van der Waals surface area contributed by atoms with Crippen molar-refractivity contribution in [3.05, 3.63) is 51.2 Å². The number of aromatic nitrogens is 2. The van der Waals surface area contributed by atoms with Crippen LogP contribution in [0.1, 0.15) is 33.8 Å². The quantitative estimate of drug-likeness (QED) is 0.585. The summed E-state index contributed by atoms with van der Waals surface area (Å²) in [6.07, 6.45) is 1.57. The van der Waals surface area contributed by atoms with Gasteiger partial charge in [0.1, 0.15) is 11.2 Å². The molecule has 0 atom stereocenters. The highest BCUT2D eigenvalue weighted by Gasteiger charge is 2.23. The molecule has 0 amide bonds. The van der Waals surface area contributed by atoms with Crippen molar-refractivity contribution >= 4 is 28.4 Å². The molecule has 0 bridgehead atoms. The Morgan fingerprint density at radius 2 is 1.87 bits per heavy atom. The lowest BCUT2D eigenvalue weighted by Crippen LogP contribution is -2.46. The van der Waals surface area contributed by atoms with Crippen molar-refractivity contribution in [1.29, 1.82) is 0 Å². The minimum absolute atomic E-state index is 0. The standard InChI is InChI=1S/C19H20ClFN4O2.C2H6.CH4/c1-3-23-6-8-24(9-7-23)17-14(20)10-13(11-15(17)21)25-19(26)16-12(2)4-5-22-18(16)27-25;1-2;/h4-5,10-11H,3,6-9H2,1-2H3;1-2H3;1H4. The fourth-order valence-corrected chi connectivity index (χ4v) is 3.84. The molecule has 0 unspecified atom stereocenters. The molecule has 8 heteroatoms. The number of piperazine rings is 1. The monoisotopic (exact) mass is 436 g/mol. The van der Waals surface area contributed by atoms with E-state index in [1.807, 2.05) is 18.7 Å². The van der Waals surface area contributed by atoms with E-state index in [0.29, 0.717) is 24.2 Å². The van der Waals surface area contributed by atoms with E-state index in [1.165, 1.54) is 6.07 Å². The molecule has 0 saturated carbocycles. The van der Waals surface area contributed by atoms with Crippen LogP contribution in [-0.4, -0.2) is 47.3 Å². The van der Waals surface area contributed by atoms with Gasteiger partial charge in [-0.1, -0.05) is 39.8 Å². The second-order valence-corrected chi connectivity index (χ2v) is 7.09. The van der Waals surface area contributed by atoms with E-state index in [4.69, 9.17) is 16.1 Å². The van der Waals surface area contributed by atoms with Gasteiger partial charge in [0.05, 0.1) is 16.4 Å². The Labute approximate surface area is 181 Å². The van der Waals surface area contributed by atoms with Crippen LogP contribution in [0.5, 0.6) is 0 Å². The SMILES string of the molecule is C.CC.CCN1CCN(c2c(F)cc(-n3oc4nccc(C)c4c3=O)cc2Cl)CC1. The molecular formula is C22H30ClFN4O2. The molecule has 3 aromatic rings. The summed E-state index contributed by atoms with van der Waals surface area (Å²) in [6, 6.07) is 4.58. The molecule has 1 aliphatic heterocycles. The molecule has 4 rings (SSSR count). The van der Waals surface area contributed by atoms with Gasteiger partial charge >= 0.3 is 0 Å². The summed E-state index contributed by atoms with van der Waals surface area (Å²) >= 11 is 6.40. The van der Waals surface area contributed by atoms with Gasteiger partial charge in [-0.2, -0.15) is 0 Å². The highest BCUT2D eigenvalue weighted by atomic mass is 35.5. The van der Waals surface area contributed by atoms with E-state index in [2.05, 4.69) is 16.8 Å². The molecule has 1 fully saturated rings. The number of aryl methyl sites for hydroxylation is 1. The zero-order valence-corrected chi connectivity index (χ0v) is 18.0. The van der Waals surface area contributed by atoms with E-state index < -0.39 is 5.82 Å². The fraction of sp³-hybridized carbons (Fsp3) is 0.455. The highest BCUT2D eigenvalue weighted by Crippen LogP contribution is 2.32. The number of fused-ring (bicyclic) bond motifs is 1. The minimum Gasteiger partial charge on any atom is -0.365 e. The zero-order chi connectivity index (χ0) is 21.1. The molecule has 0 radical (unpaired) electrons. The molecular weight excluding hydrogens is 407 g/mol. The van der Waals surface area contributed by atoms with Gasteiger partial charge in [-0.15, -0.1) is 4.74 Å². The molecule has 0 N–H and O–H groups in total. The summed E-state index contributed by atoms with van der Waals surface area (Å²) in [6.45, 7) is 12.0. The van der Waals surface area contributed by atoms with Gasteiger partial charge in [0, 0.05) is 38.4 Å².